The average Bonchev–Trinajstić information content (AvgIpc) is 3.76. The lowest BCUT2D eigenvalue weighted by atomic mass is 9.99. The minimum Gasteiger partial charge on any atom is -0.497 e. The molecule has 5 rings (SSSR count). The number of methoxy groups -OCH3 is 2. The number of ether oxygens (including phenoxy) is 3. The van der Waals surface area contributed by atoms with Gasteiger partial charge in [0, 0.05) is 45.9 Å². The molecule has 1 fully saturated rings. The Kier molecular flexibility index (Phi) is 10.2. The normalized spacial score (nSPS) is 15.9. The number of rotatable bonds is 12. The number of nitrogens with zero attached hydrogens (tertiary/aromatic N) is 2. The molecule has 274 valence electrons. The number of carbonyl (C=O) groups is 2. The maximum Gasteiger partial charge on any atom is 0.573 e. The highest BCUT2D eigenvalue weighted by molar-refractivity contribution is 7.89. The van der Waals surface area contributed by atoms with Crippen LogP contribution in [0.2, 0.25) is 5.02 Å². The first-order valence-electron chi connectivity index (χ1n) is 15.5. The van der Waals surface area contributed by atoms with Crippen molar-refractivity contribution >= 4 is 50.5 Å². The van der Waals surface area contributed by atoms with Crippen LogP contribution in [0.15, 0.2) is 59.8 Å². The minimum atomic E-state index is -4.92. The number of anilines is 2. The first kappa shape index (κ1) is 37.6. The van der Waals surface area contributed by atoms with E-state index in [1.165, 1.54) is 45.1 Å². The Labute approximate surface area is 297 Å². The fourth-order valence-corrected chi connectivity index (χ4v) is 6.47. The third kappa shape index (κ3) is 8.61. The zero-order valence-corrected chi connectivity index (χ0v) is 30.0. The van der Waals surface area contributed by atoms with Crippen molar-refractivity contribution in [2.24, 2.45) is 5.16 Å². The number of halogens is 4. The van der Waals surface area contributed by atoms with Crippen molar-refractivity contribution in [1.29, 1.82) is 0 Å². The third-order valence-corrected chi connectivity index (χ3v) is 9.30. The topological polar surface area (TPSA) is 145 Å². The summed E-state index contributed by atoms with van der Waals surface area (Å²) in [6, 6.07) is 12.6. The van der Waals surface area contributed by atoms with Gasteiger partial charge in [-0.1, -0.05) is 28.9 Å². The van der Waals surface area contributed by atoms with E-state index in [4.69, 9.17) is 25.9 Å². The standard InChI is InChI=1S/C34H36ClF3N4O8S/c1-19(40-50-32(2,3)31(44)41-51(6,45)46)20-13-22(16-24(14-20)47-4)39-29(25-9-7-21(35)15-28(25)48-5)30(43)42-18-33(11-12-33)26-10-8-23(17-27(26)42)49-34(36,37)38/h7-10,13-17,29,39H,11-12,18H2,1-6H3,(H,41,44). The lowest BCUT2D eigenvalue weighted by Crippen LogP contribution is -2.45. The van der Waals surface area contributed by atoms with Gasteiger partial charge < -0.3 is 29.3 Å². The molecule has 0 aromatic heterocycles. The van der Waals surface area contributed by atoms with Gasteiger partial charge in [0.05, 0.1) is 31.9 Å². The lowest BCUT2D eigenvalue weighted by molar-refractivity contribution is -0.274. The van der Waals surface area contributed by atoms with Gasteiger partial charge in [-0.25, -0.2) is 13.1 Å². The van der Waals surface area contributed by atoms with Crippen LogP contribution >= 0.6 is 11.6 Å². The van der Waals surface area contributed by atoms with Crippen molar-refractivity contribution in [1.82, 2.24) is 4.72 Å². The Balaban J connectivity index is 1.53. The fourth-order valence-electron chi connectivity index (χ4n) is 5.72. The monoisotopic (exact) mass is 752 g/mol. The summed E-state index contributed by atoms with van der Waals surface area (Å²) < 4.78 is 79.8. The highest BCUT2D eigenvalue weighted by Crippen LogP contribution is 2.57. The van der Waals surface area contributed by atoms with E-state index in [0.717, 1.165) is 24.7 Å². The fraction of sp³-hybridized carbons (Fsp3) is 0.382. The predicted molar refractivity (Wildman–Crippen MR) is 184 cm³/mol. The van der Waals surface area contributed by atoms with Crippen molar-refractivity contribution in [3.05, 3.63) is 76.3 Å². The average molecular weight is 753 g/mol. The summed E-state index contributed by atoms with van der Waals surface area (Å²) in [7, 11) is -0.991. The van der Waals surface area contributed by atoms with Gasteiger partial charge in [0.2, 0.25) is 15.6 Å². The van der Waals surface area contributed by atoms with Crippen LogP contribution in [0.1, 0.15) is 56.3 Å². The summed E-state index contributed by atoms with van der Waals surface area (Å²) >= 11 is 6.26. The SMILES string of the molecule is COc1cc(NC(C(=O)N2CC3(CC3)c3ccc(OC(F)(F)F)cc32)c2ccc(Cl)cc2OC)cc(C(C)=NOC(C)(C)C(=O)NS(C)(=O)=O)c1. The molecule has 2 N–H and O–H groups in total. The summed E-state index contributed by atoms with van der Waals surface area (Å²) in [5, 5.41) is 7.67. The minimum absolute atomic E-state index is 0.250. The molecule has 0 radical (unpaired) electrons. The molecule has 3 aromatic carbocycles. The highest BCUT2D eigenvalue weighted by Gasteiger charge is 2.54. The van der Waals surface area contributed by atoms with Crippen LogP contribution in [-0.4, -0.2) is 64.9 Å². The second kappa shape index (κ2) is 13.8. The number of benzene rings is 3. The molecule has 0 saturated heterocycles. The first-order chi connectivity index (χ1) is 23.7. The van der Waals surface area contributed by atoms with Crippen LogP contribution in [0, 0.1) is 0 Å². The number of amides is 2. The third-order valence-electron chi connectivity index (χ3n) is 8.51. The van der Waals surface area contributed by atoms with E-state index in [-0.39, 0.29) is 23.4 Å². The van der Waals surface area contributed by atoms with Crippen LogP contribution < -0.4 is 29.1 Å². The molecule has 2 aliphatic rings. The second-order valence-electron chi connectivity index (χ2n) is 12.8. The van der Waals surface area contributed by atoms with Crippen LogP contribution in [0.5, 0.6) is 17.2 Å². The quantitative estimate of drug-likeness (QED) is 0.166. The molecule has 1 heterocycles. The molecule has 1 aliphatic carbocycles. The number of nitrogens with one attached hydrogen (secondary N) is 2. The highest BCUT2D eigenvalue weighted by atomic mass is 35.5. The van der Waals surface area contributed by atoms with Gasteiger partial charge in [0.1, 0.15) is 23.3 Å². The van der Waals surface area contributed by atoms with Crippen molar-refractivity contribution < 1.29 is 50.2 Å². The number of carbonyl (C=O) groups excluding carboxylic acids is 2. The first-order valence-corrected chi connectivity index (χ1v) is 17.8. The molecule has 12 nitrogen and oxygen atoms in total. The molecule has 51 heavy (non-hydrogen) atoms. The van der Waals surface area contributed by atoms with Gasteiger partial charge >= 0.3 is 6.36 Å². The van der Waals surface area contributed by atoms with Crippen molar-refractivity contribution in [2.45, 2.75) is 57.0 Å². The smallest absolute Gasteiger partial charge is 0.497 e. The van der Waals surface area contributed by atoms with Crippen molar-refractivity contribution in [3.63, 3.8) is 0 Å². The van der Waals surface area contributed by atoms with Gasteiger partial charge in [-0.05, 0) is 69.5 Å². The number of hydrogen-bond donors (Lipinski definition) is 2. The number of sulfonamides is 1. The number of oxime groups is 1. The lowest BCUT2D eigenvalue weighted by Gasteiger charge is -2.28. The zero-order chi connectivity index (χ0) is 37.5. The van der Waals surface area contributed by atoms with E-state index < -0.39 is 45.6 Å². The van der Waals surface area contributed by atoms with E-state index >= 15 is 0 Å². The van der Waals surface area contributed by atoms with Gasteiger partial charge in [-0.15, -0.1) is 13.2 Å². The van der Waals surface area contributed by atoms with Gasteiger partial charge in [0.25, 0.3) is 11.8 Å². The van der Waals surface area contributed by atoms with Crippen LogP contribution in [0.4, 0.5) is 24.5 Å². The molecular weight excluding hydrogens is 717 g/mol. The summed E-state index contributed by atoms with van der Waals surface area (Å²) in [6.07, 6.45) is -2.56. The van der Waals surface area contributed by atoms with Gasteiger partial charge in [-0.2, -0.15) is 0 Å². The van der Waals surface area contributed by atoms with E-state index in [1.54, 1.807) is 49.4 Å². The summed E-state index contributed by atoms with van der Waals surface area (Å²) in [5.74, 6) is -1.23. The summed E-state index contributed by atoms with van der Waals surface area (Å²) in [5.41, 5.74) is 0.516. The van der Waals surface area contributed by atoms with Crippen molar-refractivity contribution in [3.8, 4) is 17.2 Å². The zero-order valence-electron chi connectivity index (χ0n) is 28.5. The van der Waals surface area contributed by atoms with E-state index in [2.05, 4.69) is 15.2 Å². The number of fused-ring (bicyclic) bond motifs is 2. The maximum absolute atomic E-state index is 14.7. The summed E-state index contributed by atoms with van der Waals surface area (Å²) in [4.78, 5) is 34.0. The summed E-state index contributed by atoms with van der Waals surface area (Å²) in [6.45, 7) is 4.53. The van der Waals surface area contributed by atoms with Gasteiger partial charge in [-0.3, -0.25) is 9.59 Å². The number of hydrogen-bond acceptors (Lipinski definition) is 10. The van der Waals surface area contributed by atoms with E-state index in [9.17, 15) is 31.2 Å². The largest absolute Gasteiger partial charge is 0.573 e. The van der Waals surface area contributed by atoms with Crippen LogP contribution in [-0.2, 0) is 29.9 Å². The molecule has 0 bridgehead atoms. The van der Waals surface area contributed by atoms with Crippen molar-refractivity contribution in [2.75, 3.05) is 37.2 Å². The molecule has 1 atom stereocenters. The Morgan fingerprint density at radius 1 is 1.00 bits per heavy atom. The van der Waals surface area contributed by atoms with Crippen LogP contribution in [0.25, 0.3) is 0 Å². The Bertz CT molecular complexity index is 2000. The molecule has 1 unspecified atom stereocenters. The van der Waals surface area contributed by atoms with E-state index in [0.29, 0.717) is 33.3 Å². The molecule has 2 amide bonds. The molecule has 1 saturated carbocycles. The van der Waals surface area contributed by atoms with Crippen LogP contribution in [0.3, 0.4) is 0 Å². The molecule has 1 aliphatic heterocycles. The Morgan fingerprint density at radius 2 is 1.71 bits per heavy atom. The predicted octanol–water partition coefficient (Wildman–Crippen LogP) is 6.08. The Morgan fingerprint density at radius 3 is 2.31 bits per heavy atom. The Hall–Kier alpha value is -4.70. The second-order valence-corrected chi connectivity index (χ2v) is 15.0. The molecule has 1 spiro atoms. The van der Waals surface area contributed by atoms with E-state index in [1.807, 2.05) is 4.72 Å². The molecular formula is C34H36ClF3N4O8S. The molecule has 17 heteroatoms. The number of alkyl halides is 3. The van der Waals surface area contributed by atoms with Gasteiger partial charge in [0.15, 0.2) is 0 Å². The maximum atomic E-state index is 14.7. The molecule has 3 aromatic rings.